The van der Waals surface area contributed by atoms with E-state index >= 15 is 0 Å². The van der Waals surface area contributed by atoms with Crippen molar-refractivity contribution in [2.45, 2.75) is 0 Å². The predicted molar refractivity (Wildman–Crippen MR) is 64.1 cm³/mol. The number of esters is 1. The third-order valence-electron chi connectivity index (χ3n) is 2.01. The van der Waals surface area contributed by atoms with Crippen LogP contribution in [-0.4, -0.2) is 38.1 Å². The zero-order chi connectivity index (χ0) is 12.7. The first-order valence-corrected chi connectivity index (χ1v) is 5.10. The van der Waals surface area contributed by atoms with E-state index in [1.54, 1.807) is 18.2 Å². The minimum atomic E-state index is -0.415. The highest BCUT2D eigenvalue weighted by Gasteiger charge is 2.07. The molecule has 0 unspecified atom stereocenters. The molecule has 1 rings (SSSR count). The minimum absolute atomic E-state index is 0.331. The Hall–Kier alpha value is -2.04. The van der Waals surface area contributed by atoms with Crippen LogP contribution in [0.1, 0.15) is 10.4 Å². The molecule has 0 radical (unpaired) electrons. The van der Waals surface area contributed by atoms with E-state index in [1.165, 1.54) is 6.07 Å². The number of likely N-dealkylation sites (N-methyl/N-ethyl adjacent to an activating group) is 1. The zero-order valence-electron chi connectivity index (χ0n) is 9.83. The van der Waals surface area contributed by atoms with Crippen LogP contribution >= 0.6 is 0 Å². The van der Waals surface area contributed by atoms with Crippen LogP contribution in [0.2, 0.25) is 0 Å². The molecule has 0 fully saturated rings. The SMILES string of the molecule is CN(C)CCOC(=O)c1cccc(N=[N+]=[N-])c1. The van der Waals surface area contributed by atoms with Crippen molar-refractivity contribution in [3.63, 3.8) is 0 Å². The molecule has 0 spiro atoms. The molecule has 0 aliphatic heterocycles. The van der Waals surface area contributed by atoms with Crippen molar-refractivity contribution >= 4 is 11.7 Å². The second kappa shape index (κ2) is 6.52. The summed E-state index contributed by atoms with van der Waals surface area (Å²) in [6.07, 6.45) is 0. The molecule has 17 heavy (non-hydrogen) atoms. The summed E-state index contributed by atoms with van der Waals surface area (Å²) in [5.41, 5.74) is 9.07. The molecule has 0 saturated heterocycles. The van der Waals surface area contributed by atoms with Gasteiger partial charge >= 0.3 is 5.97 Å². The number of carbonyl (C=O) groups excluding carboxylic acids is 1. The molecule has 0 aliphatic carbocycles. The van der Waals surface area contributed by atoms with Gasteiger partial charge in [0.1, 0.15) is 6.61 Å². The largest absolute Gasteiger partial charge is 0.461 e. The molecular weight excluding hydrogens is 220 g/mol. The third kappa shape index (κ3) is 4.55. The molecule has 1 aromatic rings. The second-order valence-electron chi connectivity index (χ2n) is 3.68. The standard InChI is InChI=1S/C11H14N4O2/c1-15(2)6-7-17-11(16)9-4-3-5-10(8-9)13-14-12/h3-5,8H,6-7H2,1-2H3. The quantitative estimate of drug-likeness (QED) is 0.339. The van der Waals surface area contributed by atoms with E-state index in [2.05, 4.69) is 10.0 Å². The highest BCUT2D eigenvalue weighted by molar-refractivity contribution is 5.90. The summed E-state index contributed by atoms with van der Waals surface area (Å²) >= 11 is 0. The fraction of sp³-hybridized carbons (Fsp3) is 0.364. The lowest BCUT2D eigenvalue weighted by atomic mass is 10.2. The van der Waals surface area contributed by atoms with Crippen molar-refractivity contribution in [2.75, 3.05) is 27.2 Å². The minimum Gasteiger partial charge on any atom is -0.461 e. The number of ether oxygens (including phenoxy) is 1. The van der Waals surface area contributed by atoms with E-state index in [0.717, 1.165) is 0 Å². The van der Waals surface area contributed by atoms with Gasteiger partial charge in [0.25, 0.3) is 0 Å². The molecule has 0 aliphatic rings. The maximum atomic E-state index is 11.6. The molecular formula is C11H14N4O2. The average molecular weight is 234 g/mol. The first-order chi connectivity index (χ1) is 8.13. The molecule has 0 aromatic heterocycles. The summed E-state index contributed by atoms with van der Waals surface area (Å²) in [7, 11) is 3.80. The number of rotatable bonds is 5. The van der Waals surface area contributed by atoms with Crippen LogP contribution in [0.3, 0.4) is 0 Å². The Bertz CT molecular complexity index is 439. The summed E-state index contributed by atoms with van der Waals surface area (Å²) in [5, 5.41) is 3.42. The van der Waals surface area contributed by atoms with Gasteiger partial charge in [0.05, 0.1) is 5.56 Å². The van der Waals surface area contributed by atoms with Crippen LogP contribution in [0.25, 0.3) is 10.4 Å². The van der Waals surface area contributed by atoms with E-state index in [-0.39, 0.29) is 0 Å². The molecule has 0 bridgehead atoms. The van der Waals surface area contributed by atoms with E-state index in [1.807, 2.05) is 19.0 Å². The van der Waals surface area contributed by atoms with Gasteiger partial charge < -0.3 is 9.64 Å². The van der Waals surface area contributed by atoms with Crippen molar-refractivity contribution in [1.29, 1.82) is 0 Å². The van der Waals surface area contributed by atoms with Crippen molar-refractivity contribution < 1.29 is 9.53 Å². The van der Waals surface area contributed by atoms with E-state index in [9.17, 15) is 4.79 Å². The van der Waals surface area contributed by atoms with Gasteiger partial charge in [-0.05, 0) is 31.8 Å². The molecule has 6 heteroatoms. The number of benzene rings is 1. The van der Waals surface area contributed by atoms with E-state index in [4.69, 9.17) is 10.3 Å². The topological polar surface area (TPSA) is 78.3 Å². The molecule has 90 valence electrons. The first kappa shape index (κ1) is 13.0. The van der Waals surface area contributed by atoms with Gasteiger partial charge in [-0.3, -0.25) is 0 Å². The Kier molecular flexibility index (Phi) is 5.00. The Morgan fingerprint density at radius 2 is 2.29 bits per heavy atom. The lowest BCUT2D eigenvalue weighted by Crippen LogP contribution is -2.20. The fourth-order valence-corrected chi connectivity index (χ4v) is 1.15. The highest BCUT2D eigenvalue weighted by Crippen LogP contribution is 2.14. The van der Waals surface area contributed by atoms with Crippen LogP contribution in [0, 0.1) is 0 Å². The fourth-order valence-electron chi connectivity index (χ4n) is 1.15. The number of carbonyl (C=O) groups is 1. The zero-order valence-corrected chi connectivity index (χ0v) is 9.83. The Morgan fingerprint density at radius 3 is 2.94 bits per heavy atom. The summed E-state index contributed by atoms with van der Waals surface area (Å²) in [4.78, 5) is 16.2. The monoisotopic (exact) mass is 234 g/mol. The van der Waals surface area contributed by atoms with Crippen LogP contribution in [0.15, 0.2) is 29.4 Å². The smallest absolute Gasteiger partial charge is 0.338 e. The number of nitrogens with zero attached hydrogens (tertiary/aromatic N) is 4. The normalized spacial score (nSPS) is 9.82. The van der Waals surface area contributed by atoms with Crippen LogP contribution in [0.4, 0.5) is 5.69 Å². The van der Waals surface area contributed by atoms with E-state index < -0.39 is 5.97 Å². The van der Waals surface area contributed by atoms with Gasteiger partial charge in [0, 0.05) is 17.1 Å². The maximum absolute atomic E-state index is 11.6. The van der Waals surface area contributed by atoms with Gasteiger partial charge in [-0.15, -0.1) is 0 Å². The van der Waals surface area contributed by atoms with Crippen molar-refractivity contribution in [1.82, 2.24) is 4.90 Å². The summed E-state index contributed by atoms with van der Waals surface area (Å²) in [6.45, 7) is 0.999. The molecule has 0 atom stereocenters. The summed E-state index contributed by atoms with van der Waals surface area (Å²) in [5.74, 6) is -0.415. The van der Waals surface area contributed by atoms with Crippen LogP contribution in [0.5, 0.6) is 0 Å². The Balaban J connectivity index is 2.62. The molecule has 0 N–H and O–H groups in total. The van der Waals surface area contributed by atoms with Gasteiger partial charge in [0.2, 0.25) is 0 Å². The van der Waals surface area contributed by atoms with Gasteiger partial charge in [0.15, 0.2) is 0 Å². The predicted octanol–water partition coefficient (Wildman–Crippen LogP) is 2.35. The van der Waals surface area contributed by atoms with Crippen molar-refractivity contribution in [3.05, 3.63) is 40.3 Å². The van der Waals surface area contributed by atoms with Gasteiger partial charge in [-0.25, -0.2) is 4.79 Å². The first-order valence-electron chi connectivity index (χ1n) is 5.10. The Morgan fingerprint density at radius 1 is 1.53 bits per heavy atom. The van der Waals surface area contributed by atoms with Crippen molar-refractivity contribution in [3.8, 4) is 0 Å². The number of hydrogen-bond donors (Lipinski definition) is 0. The average Bonchev–Trinajstić information content (AvgIpc) is 2.29. The number of azide groups is 1. The van der Waals surface area contributed by atoms with Crippen LogP contribution in [-0.2, 0) is 4.74 Å². The molecule has 0 heterocycles. The summed E-state index contributed by atoms with van der Waals surface area (Å²) < 4.78 is 5.06. The molecule has 0 saturated carbocycles. The molecule has 6 nitrogen and oxygen atoms in total. The number of hydrogen-bond acceptors (Lipinski definition) is 4. The molecule has 1 aromatic carbocycles. The highest BCUT2D eigenvalue weighted by atomic mass is 16.5. The van der Waals surface area contributed by atoms with Crippen LogP contribution < -0.4 is 0 Å². The van der Waals surface area contributed by atoms with Gasteiger partial charge in [-0.2, -0.15) is 0 Å². The Labute approximate surface area is 99.4 Å². The maximum Gasteiger partial charge on any atom is 0.338 e. The lowest BCUT2D eigenvalue weighted by Gasteiger charge is -2.09. The summed E-state index contributed by atoms with van der Waals surface area (Å²) in [6, 6.07) is 6.38. The van der Waals surface area contributed by atoms with Crippen molar-refractivity contribution in [2.24, 2.45) is 5.11 Å². The van der Waals surface area contributed by atoms with Gasteiger partial charge in [-0.1, -0.05) is 17.2 Å². The van der Waals surface area contributed by atoms with E-state index in [0.29, 0.717) is 24.4 Å². The molecule has 0 amide bonds. The lowest BCUT2D eigenvalue weighted by molar-refractivity contribution is 0.0482. The second-order valence-corrected chi connectivity index (χ2v) is 3.68. The third-order valence-corrected chi connectivity index (χ3v) is 2.01.